The van der Waals surface area contributed by atoms with Gasteiger partial charge in [-0.15, -0.1) is 0 Å². The second kappa shape index (κ2) is 11.9. The van der Waals surface area contributed by atoms with Crippen LogP contribution < -0.4 is 23.7 Å². The van der Waals surface area contributed by atoms with Crippen LogP contribution in [0.2, 0.25) is 0 Å². The molecule has 0 heterocycles. The number of amides is 1. The molecule has 1 amide bonds. The highest BCUT2D eigenvalue weighted by Crippen LogP contribution is 2.43. The lowest BCUT2D eigenvalue weighted by molar-refractivity contribution is 0.0555. The molecule has 2 aromatic rings. The molecule has 0 bridgehead atoms. The Hall–Kier alpha value is -3.09. The minimum Gasteiger partial charge on any atom is -0.493 e. The number of carbonyl (C=O) groups excluding carboxylic acids is 1. The second-order valence-electron chi connectivity index (χ2n) is 8.66. The van der Waals surface area contributed by atoms with Gasteiger partial charge in [-0.3, -0.25) is 4.79 Å². The van der Waals surface area contributed by atoms with Gasteiger partial charge in [0, 0.05) is 29.8 Å². The number of methoxy groups -OCH3 is 3. The van der Waals surface area contributed by atoms with Crippen molar-refractivity contribution in [2.24, 2.45) is 0 Å². The first kappa shape index (κ1) is 25.5. The van der Waals surface area contributed by atoms with Crippen molar-refractivity contribution in [2.45, 2.75) is 65.0 Å². The van der Waals surface area contributed by atoms with E-state index in [1.54, 1.807) is 51.7 Å². The van der Waals surface area contributed by atoms with Crippen LogP contribution in [-0.4, -0.2) is 50.8 Å². The predicted molar refractivity (Wildman–Crippen MR) is 132 cm³/mol. The average molecular weight is 472 g/mol. The zero-order chi connectivity index (χ0) is 24.7. The first-order chi connectivity index (χ1) is 16.4. The summed E-state index contributed by atoms with van der Waals surface area (Å²) in [6.45, 7) is 6.51. The lowest BCUT2D eigenvalue weighted by Gasteiger charge is -2.37. The number of nitrogens with zero attached hydrogens (tertiary/aromatic N) is 1. The monoisotopic (exact) mass is 471 g/mol. The number of ether oxygens (including phenoxy) is 5. The molecular formula is C27H37NO6. The van der Waals surface area contributed by atoms with Crippen molar-refractivity contribution in [3.05, 3.63) is 35.9 Å². The van der Waals surface area contributed by atoms with E-state index in [1.165, 1.54) is 19.3 Å². The van der Waals surface area contributed by atoms with Crippen LogP contribution >= 0.6 is 0 Å². The van der Waals surface area contributed by atoms with Gasteiger partial charge in [-0.1, -0.05) is 19.3 Å². The first-order valence-corrected chi connectivity index (χ1v) is 12.0. The quantitative estimate of drug-likeness (QED) is 0.418. The highest BCUT2D eigenvalue weighted by atomic mass is 16.5. The highest BCUT2D eigenvalue weighted by Gasteiger charge is 2.29. The Bertz CT molecular complexity index is 943. The topological polar surface area (TPSA) is 66.5 Å². The molecule has 0 aromatic heterocycles. The summed E-state index contributed by atoms with van der Waals surface area (Å²) in [5, 5.41) is 0. The summed E-state index contributed by atoms with van der Waals surface area (Å²) in [6.07, 6.45) is 5.72. The molecule has 1 saturated carbocycles. The first-order valence-electron chi connectivity index (χ1n) is 12.0. The summed E-state index contributed by atoms with van der Waals surface area (Å²) in [4.78, 5) is 15.6. The van der Waals surface area contributed by atoms with Gasteiger partial charge in [-0.2, -0.15) is 0 Å². The molecule has 34 heavy (non-hydrogen) atoms. The minimum absolute atomic E-state index is 0.0298. The standard InChI is InChI=1S/C27H37NO6/c1-7-33-23-15-19(27(29)28(18(2)3)20-11-9-8-10-12-20)13-14-22(23)34-21-16-24(30-4)26(32-6)25(17-21)31-5/h13-18,20H,7-12H2,1-6H3. The number of benzene rings is 2. The van der Waals surface area contributed by atoms with Crippen molar-refractivity contribution in [3.8, 4) is 34.5 Å². The van der Waals surface area contributed by atoms with Crippen LogP contribution in [0.15, 0.2) is 30.3 Å². The summed E-state index contributed by atoms with van der Waals surface area (Å²) in [5.74, 6) is 3.00. The van der Waals surface area contributed by atoms with Gasteiger partial charge in [0.2, 0.25) is 5.75 Å². The molecule has 3 rings (SSSR count). The second-order valence-corrected chi connectivity index (χ2v) is 8.66. The number of hydrogen-bond acceptors (Lipinski definition) is 6. The van der Waals surface area contributed by atoms with Crippen molar-refractivity contribution >= 4 is 5.91 Å². The van der Waals surface area contributed by atoms with Gasteiger partial charge < -0.3 is 28.6 Å². The molecule has 0 unspecified atom stereocenters. The number of hydrogen-bond donors (Lipinski definition) is 0. The van der Waals surface area contributed by atoms with Crippen LogP contribution in [0.3, 0.4) is 0 Å². The molecule has 0 saturated heterocycles. The SMILES string of the molecule is CCOc1cc(C(=O)N(C(C)C)C2CCCCC2)ccc1Oc1cc(OC)c(OC)c(OC)c1. The van der Waals surface area contributed by atoms with Crippen molar-refractivity contribution in [3.63, 3.8) is 0 Å². The summed E-state index contributed by atoms with van der Waals surface area (Å²) < 4.78 is 28.2. The van der Waals surface area contributed by atoms with E-state index in [-0.39, 0.29) is 18.0 Å². The normalized spacial score (nSPS) is 14.0. The van der Waals surface area contributed by atoms with Crippen molar-refractivity contribution < 1.29 is 28.5 Å². The fourth-order valence-electron chi connectivity index (χ4n) is 4.57. The molecule has 2 aromatic carbocycles. The number of rotatable bonds is 10. The number of carbonyl (C=O) groups is 1. The molecular weight excluding hydrogens is 434 g/mol. The summed E-state index contributed by atoms with van der Waals surface area (Å²) in [5.41, 5.74) is 0.597. The lowest BCUT2D eigenvalue weighted by Crippen LogP contribution is -2.45. The van der Waals surface area contributed by atoms with Crippen molar-refractivity contribution in [2.75, 3.05) is 27.9 Å². The van der Waals surface area contributed by atoms with Crippen LogP contribution in [0.25, 0.3) is 0 Å². The highest BCUT2D eigenvalue weighted by molar-refractivity contribution is 5.95. The molecule has 1 aliphatic carbocycles. The maximum absolute atomic E-state index is 13.5. The smallest absolute Gasteiger partial charge is 0.254 e. The van der Waals surface area contributed by atoms with Gasteiger partial charge >= 0.3 is 0 Å². The summed E-state index contributed by atoms with van der Waals surface area (Å²) in [7, 11) is 4.66. The maximum Gasteiger partial charge on any atom is 0.254 e. The molecule has 0 aliphatic heterocycles. The van der Waals surface area contributed by atoms with E-state index >= 15 is 0 Å². The van der Waals surface area contributed by atoms with E-state index in [1.807, 2.05) is 11.8 Å². The lowest BCUT2D eigenvalue weighted by atomic mass is 9.92. The Kier molecular flexibility index (Phi) is 8.91. The van der Waals surface area contributed by atoms with Crippen LogP contribution in [0.5, 0.6) is 34.5 Å². The fraction of sp³-hybridized carbons (Fsp3) is 0.519. The molecule has 1 aliphatic rings. The predicted octanol–water partition coefficient (Wildman–Crippen LogP) is 6.09. The zero-order valence-corrected chi connectivity index (χ0v) is 21.2. The third-order valence-electron chi connectivity index (χ3n) is 6.12. The summed E-state index contributed by atoms with van der Waals surface area (Å²) >= 11 is 0. The Balaban J connectivity index is 1.92. The molecule has 7 heteroatoms. The molecule has 0 atom stereocenters. The van der Waals surface area contributed by atoms with Crippen LogP contribution in [0.4, 0.5) is 0 Å². The molecule has 1 fully saturated rings. The summed E-state index contributed by atoms with van der Waals surface area (Å²) in [6, 6.07) is 9.21. The van der Waals surface area contributed by atoms with Crippen LogP contribution in [0, 0.1) is 0 Å². The third-order valence-corrected chi connectivity index (χ3v) is 6.12. The van der Waals surface area contributed by atoms with Gasteiger partial charge in [-0.05, 0) is 51.8 Å². The molecule has 186 valence electrons. The fourth-order valence-corrected chi connectivity index (χ4v) is 4.57. The Labute approximate surface area is 202 Å². The van der Waals surface area contributed by atoms with Gasteiger partial charge in [-0.25, -0.2) is 0 Å². The average Bonchev–Trinajstić information content (AvgIpc) is 2.85. The Morgan fingerprint density at radius 3 is 2.09 bits per heavy atom. The van der Waals surface area contributed by atoms with Gasteiger partial charge in [0.15, 0.2) is 23.0 Å². The van der Waals surface area contributed by atoms with E-state index < -0.39 is 0 Å². The third kappa shape index (κ3) is 5.69. The van der Waals surface area contributed by atoms with Gasteiger partial charge in [0.05, 0.1) is 27.9 Å². The maximum atomic E-state index is 13.5. The molecule has 0 spiro atoms. The largest absolute Gasteiger partial charge is 0.493 e. The zero-order valence-electron chi connectivity index (χ0n) is 21.2. The van der Waals surface area contributed by atoms with Crippen LogP contribution in [-0.2, 0) is 0 Å². The Morgan fingerprint density at radius 1 is 0.912 bits per heavy atom. The van der Waals surface area contributed by atoms with Crippen molar-refractivity contribution in [1.82, 2.24) is 4.90 Å². The van der Waals surface area contributed by atoms with E-state index in [4.69, 9.17) is 23.7 Å². The van der Waals surface area contributed by atoms with E-state index in [2.05, 4.69) is 13.8 Å². The van der Waals surface area contributed by atoms with E-state index in [0.717, 1.165) is 12.8 Å². The van der Waals surface area contributed by atoms with Crippen molar-refractivity contribution in [1.29, 1.82) is 0 Å². The van der Waals surface area contributed by atoms with E-state index in [9.17, 15) is 4.79 Å². The van der Waals surface area contributed by atoms with Gasteiger partial charge in [0.1, 0.15) is 5.75 Å². The van der Waals surface area contributed by atoms with E-state index in [0.29, 0.717) is 46.7 Å². The molecule has 0 N–H and O–H groups in total. The molecule has 7 nitrogen and oxygen atoms in total. The minimum atomic E-state index is 0.0298. The van der Waals surface area contributed by atoms with Gasteiger partial charge in [0.25, 0.3) is 5.91 Å². The Morgan fingerprint density at radius 2 is 1.56 bits per heavy atom. The van der Waals surface area contributed by atoms with Crippen LogP contribution in [0.1, 0.15) is 63.2 Å². The molecule has 0 radical (unpaired) electrons.